The quantitative estimate of drug-likeness (QED) is 0.629. The average Bonchev–Trinajstić information content (AvgIpc) is 3.52. The van der Waals surface area contributed by atoms with Crippen molar-refractivity contribution in [2.75, 3.05) is 26.3 Å². The zero-order valence-electron chi connectivity index (χ0n) is 21.1. The number of aliphatic hydroxyl groups excluding tert-OH is 1. The number of nitrogens with zero attached hydrogens (tertiary/aromatic N) is 4. The number of aliphatic imine (C=N–C) groups is 1. The van der Waals surface area contributed by atoms with E-state index in [0.29, 0.717) is 57.2 Å². The molecule has 1 unspecified atom stereocenters. The number of carbonyl (C=O) groups is 2. The molecule has 0 radical (unpaired) electrons. The van der Waals surface area contributed by atoms with Crippen molar-refractivity contribution in [2.45, 2.75) is 58.3 Å². The lowest BCUT2D eigenvalue weighted by molar-refractivity contribution is -0.153. The van der Waals surface area contributed by atoms with Gasteiger partial charge in [-0.15, -0.1) is 0 Å². The van der Waals surface area contributed by atoms with Crippen LogP contribution in [0, 0.1) is 18.8 Å². The number of hydrogen-bond donors (Lipinski definition) is 1. The first-order valence-electron chi connectivity index (χ1n) is 12.8. The summed E-state index contributed by atoms with van der Waals surface area (Å²) in [6, 6.07) is 6.42. The molecule has 1 aromatic carbocycles. The van der Waals surface area contributed by atoms with Crippen LogP contribution in [0.3, 0.4) is 0 Å². The number of ether oxygens (including phenoxy) is 1. The zero-order valence-corrected chi connectivity index (χ0v) is 21.1. The van der Waals surface area contributed by atoms with E-state index in [9.17, 15) is 14.7 Å². The summed E-state index contributed by atoms with van der Waals surface area (Å²) in [5.74, 6) is -0.551. The largest absolute Gasteiger partial charge is 0.449 e. The van der Waals surface area contributed by atoms with Gasteiger partial charge in [-0.1, -0.05) is 44.5 Å². The number of carbonyl (C=O) groups excluding carboxylic acids is 2. The molecule has 2 aliphatic heterocycles. The van der Waals surface area contributed by atoms with Crippen LogP contribution in [0.4, 0.5) is 0 Å². The van der Waals surface area contributed by atoms with Gasteiger partial charge in [0.15, 0.2) is 5.89 Å². The number of aryl methyl sites for hydroxylation is 1. The third-order valence-electron chi connectivity index (χ3n) is 7.80. The summed E-state index contributed by atoms with van der Waals surface area (Å²) < 4.78 is 11.0. The van der Waals surface area contributed by atoms with Gasteiger partial charge in [-0.3, -0.25) is 14.5 Å². The van der Waals surface area contributed by atoms with Crippen molar-refractivity contribution in [3.8, 4) is 0 Å². The maximum atomic E-state index is 14.3. The van der Waals surface area contributed by atoms with E-state index in [1.54, 1.807) is 11.8 Å². The molecular formula is C27H34N4O5. The van der Waals surface area contributed by atoms with Crippen LogP contribution in [0.1, 0.15) is 49.0 Å². The Labute approximate surface area is 211 Å². The number of oxazole rings is 1. The Morgan fingerprint density at radius 3 is 2.39 bits per heavy atom. The summed E-state index contributed by atoms with van der Waals surface area (Å²) >= 11 is 0. The SMILES string of the molecule is CC[C@H](C)C1C(=O)N=C(C2Cc3ccccc3C2)C(=O)N1[C@H](c1coc(C)n1)[C@@H](O)N1CCOCC1. The Bertz CT molecular complexity index is 1130. The van der Waals surface area contributed by atoms with E-state index >= 15 is 0 Å². The van der Waals surface area contributed by atoms with Gasteiger partial charge in [0.1, 0.15) is 36.0 Å². The standard InChI is InChI=1S/C27H34N4O5/c1-4-16(2)23-25(32)29-22(20-13-18-7-5-6-8-19(18)14-20)26(33)31(23)24(21-15-36-17(3)28-21)27(34)30-9-11-35-12-10-30/h5-8,15-16,20,23-24,27,34H,4,9-14H2,1-3H3/t16-,23?,24+,27+/m0/s1. The predicted molar refractivity (Wildman–Crippen MR) is 132 cm³/mol. The number of hydrogen-bond acceptors (Lipinski definition) is 7. The highest BCUT2D eigenvalue weighted by Gasteiger charge is 2.49. The molecule has 1 aliphatic carbocycles. The highest BCUT2D eigenvalue weighted by atomic mass is 16.5. The van der Waals surface area contributed by atoms with Crippen LogP contribution in [0.25, 0.3) is 0 Å². The minimum atomic E-state index is -1.08. The summed E-state index contributed by atoms with van der Waals surface area (Å²) in [6.45, 7) is 7.64. The van der Waals surface area contributed by atoms with Crippen molar-refractivity contribution >= 4 is 17.5 Å². The molecule has 9 heteroatoms. The zero-order chi connectivity index (χ0) is 25.4. The molecule has 1 N–H and O–H groups in total. The maximum absolute atomic E-state index is 14.3. The molecule has 0 bridgehead atoms. The number of aliphatic hydroxyl groups is 1. The molecule has 1 saturated heterocycles. The third-order valence-corrected chi connectivity index (χ3v) is 7.80. The second kappa shape index (κ2) is 10.2. The Kier molecular flexibility index (Phi) is 7.05. The van der Waals surface area contributed by atoms with E-state index < -0.39 is 18.3 Å². The Balaban J connectivity index is 1.56. The van der Waals surface area contributed by atoms with Crippen molar-refractivity contribution in [1.82, 2.24) is 14.8 Å². The van der Waals surface area contributed by atoms with Crippen molar-refractivity contribution in [1.29, 1.82) is 0 Å². The molecule has 5 rings (SSSR count). The lowest BCUT2D eigenvalue weighted by Gasteiger charge is -2.45. The van der Waals surface area contributed by atoms with Crippen LogP contribution in [0.2, 0.25) is 0 Å². The number of fused-ring (bicyclic) bond motifs is 1. The highest BCUT2D eigenvalue weighted by Crippen LogP contribution is 2.37. The van der Waals surface area contributed by atoms with Gasteiger partial charge in [0.2, 0.25) is 0 Å². The minimum Gasteiger partial charge on any atom is -0.449 e. The second-order valence-corrected chi connectivity index (χ2v) is 10.1. The van der Waals surface area contributed by atoms with E-state index in [1.165, 1.54) is 17.4 Å². The lowest BCUT2D eigenvalue weighted by atomic mass is 9.89. The van der Waals surface area contributed by atoms with Crippen LogP contribution >= 0.6 is 0 Å². The van der Waals surface area contributed by atoms with Crippen LogP contribution in [0.15, 0.2) is 39.9 Å². The molecule has 192 valence electrons. The van der Waals surface area contributed by atoms with Crippen molar-refractivity contribution in [2.24, 2.45) is 16.8 Å². The van der Waals surface area contributed by atoms with Crippen molar-refractivity contribution in [3.05, 3.63) is 53.2 Å². The first-order chi connectivity index (χ1) is 17.4. The van der Waals surface area contributed by atoms with E-state index in [1.807, 2.05) is 30.9 Å². The molecule has 36 heavy (non-hydrogen) atoms. The second-order valence-electron chi connectivity index (χ2n) is 10.1. The van der Waals surface area contributed by atoms with E-state index in [4.69, 9.17) is 9.15 Å². The molecule has 9 nitrogen and oxygen atoms in total. The van der Waals surface area contributed by atoms with Crippen LogP contribution in [-0.4, -0.2) is 76.0 Å². The molecular weight excluding hydrogens is 460 g/mol. The van der Waals surface area contributed by atoms with Gasteiger partial charge in [0.25, 0.3) is 11.8 Å². The molecule has 3 heterocycles. The number of amides is 2. The Hall–Kier alpha value is -2.88. The predicted octanol–water partition coefficient (Wildman–Crippen LogP) is 2.31. The van der Waals surface area contributed by atoms with Gasteiger partial charge in [-0.2, -0.15) is 0 Å². The fourth-order valence-corrected chi connectivity index (χ4v) is 5.67. The van der Waals surface area contributed by atoms with Crippen molar-refractivity contribution < 1.29 is 23.8 Å². The Morgan fingerprint density at radius 1 is 1.14 bits per heavy atom. The fraction of sp³-hybridized carbons (Fsp3) is 0.556. The van der Waals surface area contributed by atoms with Crippen LogP contribution < -0.4 is 0 Å². The molecule has 4 atom stereocenters. The number of rotatable bonds is 7. The van der Waals surface area contributed by atoms with Crippen LogP contribution in [-0.2, 0) is 27.2 Å². The summed E-state index contributed by atoms with van der Waals surface area (Å²) in [7, 11) is 0. The van der Waals surface area contributed by atoms with Crippen molar-refractivity contribution in [3.63, 3.8) is 0 Å². The van der Waals surface area contributed by atoms with Gasteiger partial charge < -0.3 is 19.2 Å². The van der Waals surface area contributed by atoms with Gasteiger partial charge >= 0.3 is 0 Å². The number of morpholine rings is 1. The van der Waals surface area contributed by atoms with Crippen LogP contribution in [0.5, 0.6) is 0 Å². The lowest BCUT2D eigenvalue weighted by Crippen LogP contribution is -2.61. The number of aromatic nitrogens is 1. The molecule has 2 amide bonds. The summed E-state index contributed by atoms with van der Waals surface area (Å²) in [5.41, 5.74) is 3.06. The minimum absolute atomic E-state index is 0.153. The monoisotopic (exact) mass is 494 g/mol. The first-order valence-corrected chi connectivity index (χ1v) is 12.8. The molecule has 0 saturated carbocycles. The van der Waals surface area contributed by atoms with E-state index in [0.717, 1.165) is 0 Å². The van der Waals surface area contributed by atoms with E-state index in [2.05, 4.69) is 22.1 Å². The van der Waals surface area contributed by atoms with Gasteiger partial charge in [0, 0.05) is 25.9 Å². The number of benzene rings is 1. The molecule has 1 aromatic heterocycles. The Morgan fingerprint density at radius 2 is 1.81 bits per heavy atom. The van der Waals surface area contributed by atoms with Gasteiger partial charge in [0.05, 0.1) is 13.2 Å². The smallest absolute Gasteiger partial charge is 0.270 e. The summed E-state index contributed by atoms with van der Waals surface area (Å²) in [6.07, 6.45) is 2.40. The first kappa shape index (κ1) is 24.8. The summed E-state index contributed by atoms with van der Waals surface area (Å²) in [4.78, 5) is 40.2. The maximum Gasteiger partial charge on any atom is 0.270 e. The van der Waals surface area contributed by atoms with E-state index in [-0.39, 0.29) is 29.4 Å². The summed E-state index contributed by atoms with van der Waals surface area (Å²) in [5, 5.41) is 11.7. The van der Waals surface area contributed by atoms with Gasteiger partial charge in [-0.05, 0) is 29.9 Å². The molecule has 1 fully saturated rings. The van der Waals surface area contributed by atoms with Gasteiger partial charge in [-0.25, -0.2) is 9.98 Å². The topological polar surface area (TPSA) is 108 Å². The highest BCUT2D eigenvalue weighted by molar-refractivity contribution is 6.43. The molecule has 3 aliphatic rings. The normalized spacial score (nSPS) is 23.9. The molecule has 0 spiro atoms. The fourth-order valence-electron chi connectivity index (χ4n) is 5.67. The average molecular weight is 495 g/mol. The third kappa shape index (κ3) is 4.51. The molecule has 2 aromatic rings.